The van der Waals surface area contributed by atoms with E-state index in [1.807, 2.05) is 19.1 Å². The second-order valence-electron chi connectivity index (χ2n) is 5.35. The number of rotatable bonds is 4. The first-order chi connectivity index (χ1) is 9.20. The Morgan fingerprint density at radius 3 is 3.16 bits per heavy atom. The number of carbonyl (C=O) groups excluding carboxylic acids is 1. The molecule has 4 heteroatoms. The molecule has 1 aromatic carbocycles. The van der Waals surface area contributed by atoms with Gasteiger partial charge in [0.25, 0.3) is 0 Å². The highest BCUT2D eigenvalue weighted by Crippen LogP contribution is 2.51. The molecule has 102 valence electrons. The summed E-state index contributed by atoms with van der Waals surface area (Å²) in [5.74, 6) is 1.86. The minimum atomic E-state index is -0.502. The molecule has 3 rings (SSSR count). The molecule has 1 heterocycles. The molecule has 2 N–H and O–H groups in total. The average Bonchev–Trinajstić information content (AvgIpc) is 3.12. The first kappa shape index (κ1) is 12.5. The Labute approximate surface area is 112 Å². The number of aliphatic hydroxyl groups excluding tert-OH is 1. The fraction of sp³-hybridized carbons (Fsp3) is 0.533. The zero-order valence-corrected chi connectivity index (χ0v) is 11.1. The third-order valence-corrected chi connectivity index (χ3v) is 4.03. The van der Waals surface area contributed by atoms with Gasteiger partial charge in [-0.05, 0) is 29.9 Å². The smallest absolute Gasteiger partial charge is 0.219 e. The van der Waals surface area contributed by atoms with Gasteiger partial charge in [-0.1, -0.05) is 19.1 Å². The van der Waals surface area contributed by atoms with Gasteiger partial charge in [0.2, 0.25) is 5.91 Å². The third kappa shape index (κ3) is 2.32. The Hall–Kier alpha value is -1.55. The first-order valence-electron chi connectivity index (χ1n) is 6.91. The molecule has 1 aromatic rings. The molecular weight excluding hydrogens is 242 g/mol. The lowest BCUT2D eigenvalue weighted by Gasteiger charge is -2.09. The summed E-state index contributed by atoms with van der Waals surface area (Å²) in [7, 11) is 0. The van der Waals surface area contributed by atoms with E-state index < -0.39 is 6.10 Å². The number of nitrogens with one attached hydrogen (secondary N) is 1. The largest absolute Gasteiger partial charge is 0.490 e. The molecule has 1 unspecified atom stereocenters. The van der Waals surface area contributed by atoms with Crippen LogP contribution in [0.4, 0.5) is 0 Å². The average molecular weight is 261 g/mol. The fourth-order valence-electron chi connectivity index (χ4n) is 2.84. The summed E-state index contributed by atoms with van der Waals surface area (Å²) in [6, 6.07) is 5.96. The molecule has 0 saturated heterocycles. The molecule has 1 fully saturated rings. The summed E-state index contributed by atoms with van der Waals surface area (Å²) >= 11 is 0. The fourth-order valence-corrected chi connectivity index (χ4v) is 2.84. The minimum Gasteiger partial charge on any atom is -0.490 e. The Morgan fingerprint density at radius 2 is 2.37 bits per heavy atom. The minimum absolute atomic E-state index is 0.104. The Bertz CT molecular complexity index is 500. The van der Waals surface area contributed by atoms with Crippen molar-refractivity contribution in [3.63, 3.8) is 0 Å². The van der Waals surface area contributed by atoms with Gasteiger partial charge in [0.05, 0.1) is 0 Å². The van der Waals surface area contributed by atoms with Crippen molar-refractivity contribution in [2.24, 2.45) is 5.92 Å². The summed E-state index contributed by atoms with van der Waals surface area (Å²) in [6.45, 7) is 2.95. The quantitative estimate of drug-likeness (QED) is 0.868. The van der Waals surface area contributed by atoms with Gasteiger partial charge in [-0.3, -0.25) is 4.79 Å². The summed E-state index contributed by atoms with van der Waals surface area (Å²) < 4.78 is 5.46. The molecule has 1 saturated carbocycles. The molecule has 0 aromatic heterocycles. The van der Waals surface area contributed by atoms with E-state index in [9.17, 15) is 9.90 Å². The van der Waals surface area contributed by atoms with E-state index in [1.54, 1.807) is 0 Å². The van der Waals surface area contributed by atoms with E-state index in [0.29, 0.717) is 24.9 Å². The number of hydrogen-bond acceptors (Lipinski definition) is 3. The van der Waals surface area contributed by atoms with Gasteiger partial charge >= 0.3 is 0 Å². The number of aliphatic hydroxyl groups is 1. The molecule has 1 aliphatic heterocycles. The summed E-state index contributed by atoms with van der Waals surface area (Å²) in [5.41, 5.74) is 2.15. The van der Waals surface area contributed by atoms with Crippen molar-refractivity contribution in [1.82, 2.24) is 5.32 Å². The highest BCUT2D eigenvalue weighted by atomic mass is 16.5. The summed E-state index contributed by atoms with van der Waals surface area (Å²) in [5, 5.41) is 12.9. The monoisotopic (exact) mass is 261 g/mol. The predicted molar refractivity (Wildman–Crippen MR) is 71.0 cm³/mol. The molecule has 19 heavy (non-hydrogen) atoms. The van der Waals surface area contributed by atoms with Gasteiger partial charge < -0.3 is 15.2 Å². The zero-order chi connectivity index (χ0) is 13.4. The van der Waals surface area contributed by atoms with E-state index >= 15 is 0 Å². The lowest BCUT2D eigenvalue weighted by molar-refractivity contribution is -0.120. The molecular formula is C15H19NO3. The number of ether oxygens (including phenoxy) is 1. The van der Waals surface area contributed by atoms with Crippen LogP contribution >= 0.6 is 0 Å². The van der Waals surface area contributed by atoms with E-state index in [-0.39, 0.29) is 5.91 Å². The zero-order valence-electron chi connectivity index (χ0n) is 11.1. The van der Waals surface area contributed by atoms with Crippen molar-refractivity contribution >= 4 is 5.91 Å². The van der Waals surface area contributed by atoms with Crippen LogP contribution in [0.15, 0.2) is 18.2 Å². The predicted octanol–water partition coefficient (Wildman–Crippen LogP) is 1.74. The van der Waals surface area contributed by atoms with Crippen molar-refractivity contribution in [1.29, 1.82) is 0 Å². The maximum Gasteiger partial charge on any atom is 0.219 e. The third-order valence-electron chi connectivity index (χ3n) is 4.03. The lowest BCUT2D eigenvalue weighted by atomic mass is 9.98. The Balaban J connectivity index is 1.69. The number of carbonyl (C=O) groups is 1. The molecule has 0 spiro atoms. The molecule has 3 atom stereocenters. The molecule has 2 aliphatic rings. The van der Waals surface area contributed by atoms with E-state index in [2.05, 4.69) is 11.4 Å². The number of amides is 1. The van der Waals surface area contributed by atoms with Crippen LogP contribution in [0.3, 0.4) is 0 Å². The van der Waals surface area contributed by atoms with Gasteiger partial charge in [-0.2, -0.15) is 0 Å². The summed E-state index contributed by atoms with van der Waals surface area (Å²) in [4.78, 5) is 11.3. The van der Waals surface area contributed by atoms with Crippen molar-refractivity contribution in [3.8, 4) is 5.75 Å². The SMILES string of the molecule is CCC(=O)NC[C@@H]1CC1c1cccc2c1[C@@H](O)CO2. The number of fused-ring (bicyclic) bond motifs is 1. The summed E-state index contributed by atoms with van der Waals surface area (Å²) in [6.07, 6.45) is 1.11. The lowest BCUT2D eigenvalue weighted by Crippen LogP contribution is -2.24. The van der Waals surface area contributed by atoms with Crippen LogP contribution < -0.4 is 10.1 Å². The van der Waals surface area contributed by atoms with Crippen LogP contribution in [0.5, 0.6) is 5.75 Å². The van der Waals surface area contributed by atoms with Crippen LogP contribution in [-0.2, 0) is 4.79 Å². The van der Waals surface area contributed by atoms with Crippen LogP contribution in [-0.4, -0.2) is 24.2 Å². The normalized spacial score (nSPS) is 27.6. The van der Waals surface area contributed by atoms with Crippen LogP contribution in [0.1, 0.15) is 42.9 Å². The molecule has 4 nitrogen and oxygen atoms in total. The van der Waals surface area contributed by atoms with Gasteiger partial charge in [0.15, 0.2) is 0 Å². The maximum atomic E-state index is 11.3. The highest BCUT2D eigenvalue weighted by molar-refractivity contribution is 5.75. The van der Waals surface area contributed by atoms with Crippen molar-refractivity contribution in [2.75, 3.05) is 13.2 Å². The van der Waals surface area contributed by atoms with E-state index in [1.165, 1.54) is 5.56 Å². The molecule has 0 radical (unpaired) electrons. The number of hydrogen-bond donors (Lipinski definition) is 2. The molecule has 1 aliphatic carbocycles. The molecule has 0 bridgehead atoms. The van der Waals surface area contributed by atoms with Crippen molar-refractivity contribution in [3.05, 3.63) is 29.3 Å². The van der Waals surface area contributed by atoms with Gasteiger partial charge in [-0.15, -0.1) is 0 Å². The van der Waals surface area contributed by atoms with Gasteiger partial charge in [-0.25, -0.2) is 0 Å². The number of benzene rings is 1. The van der Waals surface area contributed by atoms with Crippen molar-refractivity contribution in [2.45, 2.75) is 31.8 Å². The highest BCUT2D eigenvalue weighted by Gasteiger charge is 2.41. The van der Waals surface area contributed by atoms with Crippen molar-refractivity contribution < 1.29 is 14.6 Å². The second kappa shape index (κ2) is 4.85. The first-order valence-corrected chi connectivity index (χ1v) is 6.91. The Kier molecular flexibility index (Phi) is 3.19. The van der Waals surface area contributed by atoms with E-state index in [4.69, 9.17) is 4.74 Å². The van der Waals surface area contributed by atoms with Crippen LogP contribution in [0.2, 0.25) is 0 Å². The maximum absolute atomic E-state index is 11.3. The van der Waals surface area contributed by atoms with Crippen LogP contribution in [0.25, 0.3) is 0 Å². The van der Waals surface area contributed by atoms with Gasteiger partial charge in [0.1, 0.15) is 18.5 Å². The van der Waals surface area contributed by atoms with E-state index in [0.717, 1.165) is 24.3 Å². The second-order valence-corrected chi connectivity index (χ2v) is 5.35. The standard InChI is InChI=1S/C15H19NO3/c1-2-14(18)16-7-9-6-11(9)10-4-3-5-13-15(10)12(17)8-19-13/h3-5,9,11-12,17H,2,6-8H2,1H3,(H,16,18)/t9-,11?,12-/m0/s1. The Morgan fingerprint density at radius 1 is 1.53 bits per heavy atom. The van der Waals surface area contributed by atoms with Gasteiger partial charge in [0, 0.05) is 18.5 Å². The van der Waals surface area contributed by atoms with Crippen LogP contribution in [0, 0.1) is 5.92 Å². The topological polar surface area (TPSA) is 58.6 Å². The molecule has 1 amide bonds.